The second-order valence-corrected chi connectivity index (χ2v) is 8.10. The Morgan fingerprint density at radius 3 is 2.50 bits per heavy atom. The van der Waals surface area contributed by atoms with E-state index in [-0.39, 0.29) is 11.9 Å². The van der Waals surface area contributed by atoms with E-state index in [4.69, 9.17) is 4.42 Å². The Kier molecular flexibility index (Phi) is 4.86. The van der Waals surface area contributed by atoms with Crippen molar-refractivity contribution in [1.82, 2.24) is 20.0 Å². The van der Waals surface area contributed by atoms with Crippen molar-refractivity contribution in [3.8, 4) is 0 Å². The zero-order chi connectivity index (χ0) is 18.9. The molecule has 0 N–H and O–H groups in total. The van der Waals surface area contributed by atoms with Crippen LogP contribution in [0.5, 0.6) is 0 Å². The zero-order valence-electron chi connectivity index (χ0n) is 16.2. The topological polar surface area (TPSA) is 65.7 Å². The van der Waals surface area contributed by atoms with Crippen molar-refractivity contribution in [2.75, 3.05) is 37.6 Å². The summed E-state index contributed by atoms with van der Waals surface area (Å²) in [7, 11) is 0. The van der Waals surface area contributed by atoms with Gasteiger partial charge < -0.3 is 9.32 Å². The van der Waals surface area contributed by atoms with E-state index in [0.717, 1.165) is 63.0 Å². The van der Waals surface area contributed by atoms with Crippen molar-refractivity contribution < 1.29 is 9.21 Å². The Hall–Kier alpha value is -2.25. The summed E-state index contributed by atoms with van der Waals surface area (Å²) in [6, 6.07) is 10.0. The summed E-state index contributed by atoms with van der Waals surface area (Å²) in [5.74, 6) is 2.28. The number of hydrogen-bond acceptors (Lipinski definition) is 6. The first-order chi connectivity index (χ1) is 13.8. The second kappa shape index (κ2) is 7.64. The average Bonchev–Trinajstić information content (AvgIpc) is 3.49. The van der Waals surface area contributed by atoms with Crippen LogP contribution in [0.25, 0.3) is 0 Å². The Bertz CT molecular complexity index is 811. The smallest absolute Gasteiger partial charge is 0.244 e. The highest BCUT2D eigenvalue weighted by Gasteiger charge is 2.35. The summed E-state index contributed by atoms with van der Waals surface area (Å²) >= 11 is 0. The highest BCUT2D eigenvalue weighted by Crippen LogP contribution is 2.39. The number of benzene rings is 1. The minimum atomic E-state index is 0.000907. The molecule has 7 nitrogen and oxygen atoms in total. The normalized spacial score (nSPS) is 24.6. The first kappa shape index (κ1) is 17.8. The van der Waals surface area contributed by atoms with Gasteiger partial charge in [-0.3, -0.25) is 14.6 Å². The maximum absolute atomic E-state index is 13.1. The lowest BCUT2D eigenvalue weighted by Gasteiger charge is -2.42. The van der Waals surface area contributed by atoms with Gasteiger partial charge in [0.25, 0.3) is 0 Å². The fourth-order valence-electron chi connectivity index (χ4n) is 4.31. The van der Waals surface area contributed by atoms with Gasteiger partial charge in [0, 0.05) is 44.3 Å². The Labute approximate surface area is 165 Å². The molecule has 1 aromatic carbocycles. The van der Waals surface area contributed by atoms with E-state index in [1.54, 1.807) is 0 Å². The van der Waals surface area contributed by atoms with E-state index in [9.17, 15) is 4.79 Å². The Morgan fingerprint density at radius 2 is 1.75 bits per heavy atom. The van der Waals surface area contributed by atoms with E-state index in [1.807, 2.05) is 35.2 Å². The van der Waals surface area contributed by atoms with Crippen LogP contribution in [0.4, 0.5) is 5.69 Å². The monoisotopic (exact) mass is 381 g/mol. The molecule has 0 radical (unpaired) electrons. The van der Waals surface area contributed by atoms with Gasteiger partial charge in [0.05, 0.1) is 12.6 Å². The van der Waals surface area contributed by atoms with E-state index in [2.05, 4.69) is 20.0 Å². The minimum absolute atomic E-state index is 0.000907. The number of para-hydroxylation sites is 1. The summed E-state index contributed by atoms with van der Waals surface area (Å²) in [4.78, 5) is 19.8. The molecular weight excluding hydrogens is 354 g/mol. The number of nitrogens with zero attached hydrogens (tertiary/aromatic N) is 5. The minimum Gasteiger partial charge on any atom is -0.424 e. The summed E-state index contributed by atoms with van der Waals surface area (Å²) < 4.78 is 5.80. The van der Waals surface area contributed by atoms with Crippen LogP contribution < -0.4 is 4.90 Å². The molecule has 0 spiro atoms. The van der Waals surface area contributed by atoms with Gasteiger partial charge in [-0.2, -0.15) is 0 Å². The highest BCUT2D eigenvalue weighted by molar-refractivity contribution is 5.97. The van der Waals surface area contributed by atoms with E-state index in [0.29, 0.717) is 12.5 Å². The molecule has 1 atom stereocenters. The molecule has 3 fully saturated rings. The number of carbonyl (C=O) groups is 1. The first-order valence-electron chi connectivity index (χ1n) is 10.4. The highest BCUT2D eigenvalue weighted by atomic mass is 16.4. The van der Waals surface area contributed by atoms with Crippen LogP contribution in [-0.2, 0) is 11.3 Å². The molecule has 1 aliphatic carbocycles. The zero-order valence-corrected chi connectivity index (χ0v) is 16.2. The maximum Gasteiger partial charge on any atom is 0.244 e. The number of rotatable bonds is 5. The summed E-state index contributed by atoms with van der Waals surface area (Å²) in [5.41, 5.74) is 1.01. The predicted octanol–water partition coefficient (Wildman–Crippen LogP) is 2.26. The largest absolute Gasteiger partial charge is 0.424 e. The van der Waals surface area contributed by atoms with Crippen molar-refractivity contribution in [2.24, 2.45) is 0 Å². The molecule has 2 aliphatic heterocycles. The lowest BCUT2D eigenvalue weighted by atomic mass is 10.0. The quantitative estimate of drug-likeness (QED) is 0.792. The van der Waals surface area contributed by atoms with Crippen LogP contribution in [0.15, 0.2) is 34.7 Å². The first-order valence-corrected chi connectivity index (χ1v) is 10.4. The number of amides is 1. The molecule has 7 heteroatoms. The molecule has 1 aromatic heterocycles. The molecule has 148 valence electrons. The van der Waals surface area contributed by atoms with Crippen LogP contribution in [-0.4, -0.2) is 64.7 Å². The Balaban J connectivity index is 1.17. The third-order valence-electron chi connectivity index (χ3n) is 6.09. The van der Waals surface area contributed by atoms with Crippen LogP contribution in [0.2, 0.25) is 0 Å². The number of anilines is 1. The summed E-state index contributed by atoms with van der Waals surface area (Å²) in [6.07, 6.45) is 4.36. The molecule has 3 aliphatic rings. The van der Waals surface area contributed by atoms with Crippen molar-refractivity contribution in [2.45, 2.75) is 44.2 Å². The molecule has 0 bridgehead atoms. The third-order valence-corrected chi connectivity index (χ3v) is 6.09. The van der Waals surface area contributed by atoms with Gasteiger partial charge in [0.15, 0.2) is 0 Å². The van der Waals surface area contributed by atoms with E-state index >= 15 is 0 Å². The van der Waals surface area contributed by atoms with Crippen molar-refractivity contribution in [3.05, 3.63) is 42.1 Å². The number of piperazine rings is 1. The average molecular weight is 381 g/mol. The van der Waals surface area contributed by atoms with E-state index in [1.165, 1.54) is 12.8 Å². The van der Waals surface area contributed by atoms with Crippen molar-refractivity contribution in [1.29, 1.82) is 0 Å². The van der Waals surface area contributed by atoms with Gasteiger partial charge in [-0.25, -0.2) is 0 Å². The number of carbonyl (C=O) groups excluding carboxylic acids is 1. The molecule has 0 unspecified atom stereocenters. The molecule has 5 rings (SSSR count). The number of aromatic nitrogens is 2. The van der Waals surface area contributed by atoms with Crippen LogP contribution in [0.3, 0.4) is 0 Å². The molecule has 2 saturated heterocycles. The lowest BCUT2D eigenvalue weighted by Crippen LogP contribution is -2.57. The van der Waals surface area contributed by atoms with Gasteiger partial charge in [-0.05, 0) is 37.8 Å². The third kappa shape index (κ3) is 3.69. The summed E-state index contributed by atoms with van der Waals surface area (Å²) in [5, 5.41) is 8.38. The SMILES string of the molecule is O=C1[C@H](N2CCN(Cc3nnc(C4CC4)o3)CC2)CCCN1c1ccccc1. The summed E-state index contributed by atoms with van der Waals surface area (Å²) in [6.45, 7) is 5.19. The second-order valence-electron chi connectivity index (χ2n) is 8.10. The van der Waals surface area contributed by atoms with Gasteiger partial charge in [-0.15, -0.1) is 10.2 Å². The molecule has 1 saturated carbocycles. The fraction of sp³-hybridized carbons (Fsp3) is 0.571. The van der Waals surface area contributed by atoms with Crippen LogP contribution in [0, 0.1) is 0 Å². The van der Waals surface area contributed by atoms with Gasteiger partial charge in [-0.1, -0.05) is 18.2 Å². The number of hydrogen-bond donors (Lipinski definition) is 0. The standard InChI is InChI=1S/C21H27N5O2/c27-21-18(7-4-10-26(21)17-5-2-1-3-6-17)25-13-11-24(12-14-25)15-19-22-23-20(28-19)16-8-9-16/h1-3,5-6,16,18H,4,7-15H2/t18-/m1/s1. The maximum atomic E-state index is 13.1. The number of piperidine rings is 1. The molecular formula is C21H27N5O2. The molecule has 28 heavy (non-hydrogen) atoms. The molecule has 1 amide bonds. The van der Waals surface area contributed by atoms with Gasteiger partial charge in [0.2, 0.25) is 17.7 Å². The fourth-order valence-corrected chi connectivity index (χ4v) is 4.31. The van der Waals surface area contributed by atoms with E-state index < -0.39 is 0 Å². The van der Waals surface area contributed by atoms with Gasteiger partial charge in [0.1, 0.15) is 0 Å². The predicted molar refractivity (Wildman–Crippen MR) is 105 cm³/mol. The van der Waals surface area contributed by atoms with Crippen LogP contribution in [0.1, 0.15) is 43.4 Å². The van der Waals surface area contributed by atoms with Gasteiger partial charge >= 0.3 is 0 Å². The van der Waals surface area contributed by atoms with Crippen LogP contribution >= 0.6 is 0 Å². The van der Waals surface area contributed by atoms with Crippen molar-refractivity contribution >= 4 is 11.6 Å². The van der Waals surface area contributed by atoms with Crippen molar-refractivity contribution in [3.63, 3.8) is 0 Å². The molecule has 3 heterocycles. The Morgan fingerprint density at radius 1 is 0.964 bits per heavy atom. The lowest BCUT2D eigenvalue weighted by molar-refractivity contribution is -0.126. The molecule has 2 aromatic rings.